The summed E-state index contributed by atoms with van der Waals surface area (Å²) < 4.78 is 1.15. The Morgan fingerprint density at radius 3 is 2.54 bits per heavy atom. The zero-order valence-corrected chi connectivity index (χ0v) is 16.6. The Balaban J connectivity index is 1.94. The molecule has 0 aliphatic rings. The molecule has 0 unspecified atom stereocenters. The lowest BCUT2D eigenvalue weighted by Gasteiger charge is -1.99. The molecule has 3 rings (SSSR count). The Bertz CT molecular complexity index is 956. The van der Waals surface area contributed by atoms with Gasteiger partial charge in [0.1, 0.15) is 11.1 Å². The van der Waals surface area contributed by atoms with Crippen molar-refractivity contribution in [3.05, 3.63) is 72.0 Å². The van der Waals surface area contributed by atoms with E-state index in [0.717, 1.165) is 20.4 Å². The van der Waals surface area contributed by atoms with E-state index in [1.165, 1.54) is 11.3 Å². The summed E-state index contributed by atoms with van der Waals surface area (Å²) in [6.45, 7) is 0. The van der Waals surface area contributed by atoms with Gasteiger partial charge >= 0.3 is 0 Å². The molecule has 0 radical (unpaired) electrons. The smallest absolute Gasteiger partial charge is 0.134 e. The van der Waals surface area contributed by atoms with Crippen molar-refractivity contribution in [3.8, 4) is 17.3 Å². The zero-order valence-electron chi connectivity index (χ0n) is 12.1. The van der Waals surface area contributed by atoms with Crippen LogP contribution < -0.4 is 0 Å². The number of thiazole rings is 1. The molecule has 2 aromatic carbocycles. The molecule has 0 saturated carbocycles. The molecular formula is C18H9Cl2IN2S. The second-order valence-electron chi connectivity index (χ2n) is 4.89. The van der Waals surface area contributed by atoms with Crippen molar-refractivity contribution in [1.82, 2.24) is 4.98 Å². The van der Waals surface area contributed by atoms with Gasteiger partial charge in [-0.2, -0.15) is 5.26 Å². The standard InChI is InChI=1S/C18H9Cl2IN2S/c19-15-6-3-12(8-16(15)20)17-10-24-18(23-17)13(9-22)7-11-1-4-14(21)5-2-11/h1-8,10H/b13-7+. The molecular weight excluding hydrogens is 474 g/mol. The minimum atomic E-state index is 0.485. The van der Waals surface area contributed by atoms with Crippen molar-refractivity contribution < 1.29 is 0 Å². The van der Waals surface area contributed by atoms with Gasteiger partial charge < -0.3 is 0 Å². The normalized spacial score (nSPS) is 11.3. The molecule has 0 bridgehead atoms. The van der Waals surface area contributed by atoms with Crippen LogP contribution in [0.25, 0.3) is 22.9 Å². The van der Waals surface area contributed by atoms with Gasteiger partial charge in [0.25, 0.3) is 0 Å². The molecule has 0 atom stereocenters. The molecule has 118 valence electrons. The van der Waals surface area contributed by atoms with Gasteiger partial charge in [0.15, 0.2) is 0 Å². The highest BCUT2D eigenvalue weighted by molar-refractivity contribution is 14.1. The Kier molecular flexibility index (Phi) is 5.57. The molecule has 3 aromatic rings. The van der Waals surface area contributed by atoms with E-state index in [0.29, 0.717) is 20.6 Å². The van der Waals surface area contributed by atoms with E-state index < -0.39 is 0 Å². The fourth-order valence-corrected chi connectivity index (χ4v) is 3.51. The summed E-state index contributed by atoms with van der Waals surface area (Å²) >= 11 is 15.7. The van der Waals surface area contributed by atoms with Crippen LogP contribution in [0, 0.1) is 14.9 Å². The average Bonchev–Trinajstić information content (AvgIpc) is 3.06. The second-order valence-corrected chi connectivity index (χ2v) is 7.81. The molecule has 0 fully saturated rings. The molecule has 0 saturated heterocycles. The lowest BCUT2D eigenvalue weighted by Crippen LogP contribution is -1.83. The SMILES string of the molecule is N#C/C(=C\c1ccc(I)cc1)c1nc(-c2ccc(Cl)c(Cl)c2)cs1. The maximum absolute atomic E-state index is 9.46. The van der Waals surface area contributed by atoms with Crippen LogP contribution in [0.3, 0.4) is 0 Å². The lowest BCUT2D eigenvalue weighted by molar-refractivity contribution is 1.37. The van der Waals surface area contributed by atoms with E-state index in [1.54, 1.807) is 12.1 Å². The van der Waals surface area contributed by atoms with Gasteiger partial charge in [0, 0.05) is 14.5 Å². The van der Waals surface area contributed by atoms with Gasteiger partial charge in [0.2, 0.25) is 0 Å². The molecule has 24 heavy (non-hydrogen) atoms. The van der Waals surface area contributed by atoms with Crippen molar-refractivity contribution in [2.75, 3.05) is 0 Å². The van der Waals surface area contributed by atoms with E-state index in [2.05, 4.69) is 33.6 Å². The van der Waals surface area contributed by atoms with E-state index in [9.17, 15) is 5.26 Å². The molecule has 0 amide bonds. The van der Waals surface area contributed by atoms with Crippen molar-refractivity contribution in [3.63, 3.8) is 0 Å². The first-order valence-corrected chi connectivity index (χ1v) is 9.57. The predicted molar refractivity (Wildman–Crippen MR) is 110 cm³/mol. The Morgan fingerprint density at radius 1 is 1.12 bits per heavy atom. The summed E-state index contributed by atoms with van der Waals surface area (Å²) in [5.41, 5.74) is 3.15. The number of nitrogens with zero attached hydrogens (tertiary/aromatic N) is 2. The van der Waals surface area contributed by atoms with Gasteiger partial charge in [-0.15, -0.1) is 11.3 Å². The van der Waals surface area contributed by atoms with Crippen LogP contribution in [-0.2, 0) is 0 Å². The first-order valence-electron chi connectivity index (χ1n) is 6.85. The summed E-state index contributed by atoms with van der Waals surface area (Å²) in [7, 11) is 0. The Morgan fingerprint density at radius 2 is 1.88 bits per heavy atom. The maximum atomic E-state index is 9.46. The van der Waals surface area contributed by atoms with Gasteiger partial charge in [-0.3, -0.25) is 0 Å². The van der Waals surface area contributed by atoms with Crippen LogP contribution in [0.4, 0.5) is 0 Å². The number of aromatic nitrogens is 1. The van der Waals surface area contributed by atoms with E-state index in [1.807, 2.05) is 41.8 Å². The minimum absolute atomic E-state index is 0.485. The highest BCUT2D eigenvalue weighted by Gasteiger charge is 2.10. The van der Waals surface area contributed by atoms with Gasteiger partial charge in [-0.1, -0.05) is 41.4 Å². The fourth-order valence-electron chi connectivity index (χ4n) is 2.05. The van der Waals surface area contributed by atoms with Crippen molar-refractivity contribution >= 4 is 68.8 Å². The Labute approximate surface area is 167 Å². The highest BCUT2D eigenvalue weighted by atomic mass is 127. The minimum Gasteiger partial charge on any atom is -0.235 e. The first kappa shape index (κ1) is 17.4. The third kappa shape index (κ3) is 3.98. The lowest BCUT2D eigenvalue weighted by atomic mass is 10.1. The topological polar surface area (TPSA) is 36.7 Å². The second kappa shape index (κ2) is 7.66. The fraction of sp³-hybridized carbons (Fsp3) is 0. The maximum Gasteiger partial charge on any atom is 0.134 e. The van der Waals surface area contributed by atoms with Crippen LogP contribution in [0.5, 0.6) is 0 Å². The third-order valence-electron chi connectivity index (χ3n) is 3.25. The van der Waals surface area contributed by atoms with E-state index in [-0.39, 0.29) is 0 Å². The van der Waals surface area contributed by atoms with Crippen molar-refractivity contribution in [1.29, 1.82) is 5.26 Å². The molecule has 0 spiro atoms. The van der Waals surface area contributed by atoms with Crippen LogP contribution >= 0.6 is 57.1 Å². The predicted octanol–water partition coefficient (Wildman–Crippen LogP) is 6.79. The number of rotatable bonds is 3. The number of nitriles is 1. The van der Waals surface area contributed by atoms with Gasteiger partial charge in [-0.05, 0) is 58.5 Å². The molecule has 1 heterocycles. The molecule has 1 aromatic heterocycles. The molecule has 0 aliphatic carbocycles. The highest BCUT2D eigenvalue weighted by Crippen LogP contribution is 2.31. The third-order valence-corrected chi connectivity index (χ3v) is 5.59. The van der Waals surface area contributed by atoms with Crippen LogP contribution in [0.15, 0.2) is 47.8 Å². The van der Waals surface area contributed by atoms with Crippen LogP contribution in [-0.4, -0.2) is 4.98 Å². The van der Waals surface area contributed by atoms with Crippen LogP contribution in [0.1, 0.15) is 10.6 Å². The number of allylic oxidation sites excluding steroid dienone is 1. The van der Waals surface area contributed by atoms with Crippen LogP contribution in [0.2, 0.25) is 10.0 Å². The summed E-state index contributed by atoms with van der Waals surface area (Å²) in [4.78, 5) is 4.56. The number of hydrogen-bond acceptors (Lipinski definition) is 3. The van der Waals surface area contributed by atoms with Crippen molar-refractivity contribution in [2.45, 2.75) is 0 Å². The van der Waals surface area contributed by atoms with Gasteiger partial charge in [-0.25, -0.2) is 4.98 Å². The number of hydrogen-bond donors (Lipinski definition) is 0. The average molecular weight is 483 g/mol. The van der Waals surface area contributed by atoms with E-state index in [4.69, 9.17) is 23.2 Å². The summed E-state index contributed by atoms with van der Waals surface area (Å²) in [5, 5.41) is 13.0. The van der Waals surface area contributed by atoms with Gasteiger partial charge in [0.05, 0.1) is 21.3 Å². The molecule has 0 N–H and O–H groups in total. The molecule has 2 nitrogen and oxygen atoms in total. The summed E-state index contributed by atoms with van der Waals surface area (Å²) in [5.74, 6) is 0. The molecule has 0 aliphatic heterocycles. The van der Waals surface area contributed by atoms with Crippen molar-refractivity contribution in [2.24, 2.45) is 0 Å². The zero-order chi connectivity index (χ0) is 17.1. The summed E-state index contributed by atoms with van der Waals surface area (Å²) in [6, 6.07) is 15.6. The summed E-state index contributed by atoms with van der Waals surface area (Å²) in [6.07, 6.45) is 1.84. The monoisotopic (exact) mass is 482 g/mol. The number of benzene rings is 2. The first-order chi connectivity index (χ1) is 11.6. The number of halogens is 3. The molecule has 6 heteroatoms. The Hall–Kier alpha value is -1.39. The largest absolute Gasteiger partial charge is 0.235 e. The quantitative estimate of drug-likeness (QED) is 0.304. The van der Waals surface area contributed by atoms with E-state index >= 15 is 0 Å².